The second kappa shape index (κ2) is 4.69. The van der Waals surface area contributed by atoms with E-state index in [-0.39, 0.29) is 0 Å². The van der Waals surface area contributed by atoms with Crippen LogP contribution in [0.25, 0.3) is 0 Å². The van der Waals surface area contributed by atoms with Gasteiger partial charge in [-0.3, -0.25) is 0 Å². The molecule has 2 heteroatoms. The summed E-state index contributed by atoms with van der Waals surface area (Å²) in [5.41, 5.74) is 1.47. The van der Waals surface area contributed by atoms with Crippen molar-refractivity contribution in [2.75, 3.05) is 20.2 Å². The van der Waals surface area contributed by atoms with Crippen LogP contribution in [0.15, 0.2) is 24.3 Å². The number of nitrogens with one attached hydrogen (secondary N) is 1. The summed E-state index contributed by atoms with van der Waals surface area (Å²) in [5.74, 6) is 3.48. The summed E-state index contributed by atoms with van der Waals surface area (Å²) >= 11 is 0. The molecule has 0 amide bonds. The van der Waals surface area contributed by atoms with E-state index in [1.165, 1.54) is 37.9 Å². The highest BCUT2D eigenvalue weighted by atomic mass is 16.5. The number of rotatable bonds is 2. The molecule has 1 saturated heterocycles. The van der Waals surface area contributed by atoms with Gasteiger partial charge in [0.05, 0.1) is 7.11 Å². The van der Waals surface area contributed by atoms with Crippen molar-refractivity contribution in [1.82, 2.24) is 5.32 Å². The molecule has 2 aliphatic rings. The Morgan fingerprint density at radius 3 is 3.06 bits per heavy atom. The lowest BCUT2D eigenvalue weighted by atomic mass is 9.71. The highest BCUT2D eigenvalue weighted by molar-refractivity contribution is 5.32. The van der Waals surface area contributed by atoms with Gasteiger partial charge in [0.15, 0.2) is 0 Å². The molecule has 3 atom stereocenters. The Labute approximate surface area is 103 Å². The lowest BCUT2D eigenvalue weighted by Crippen LogP contribution is -2.25. The molecule has 1 N–H and O–H groups in total. The standard InChI is InChI=1S/C15H21NO/c1-17-13-6-2-4-11(8-13)14-7-3-5-12-9-16-10-15(12)14/h2,4,6,8,12,14-16H,3,5,7,9-10H2,1H3/t12?,14-,15?/m1/s1. The van der Waals surface area contributed by atoms with Crippen LogP contribution in [0.3, 0.4) is 0 Å². The van der Waals surface area contributed by atoms with Crippen LogP contribution < -0.4 is 10.1 Å². The van der Waals surface area contributed by atoms with Crippen molar-refractivity contribution in [3.63, 3.8) is 0 Å². The van der Waals surface area contributed by atoms with Crippen LogP contribution in [0, 0.1) is 11.8 Å². The molecule has 1 aromatic carbocycles. The van der Waals surface area contributed by atoms with Gasteiger partial charge >= 0.3 is 0 Å². The predicted molar refractivity (Wildman–Crippen MR) is 69.4 cm³/mol. The Bertz CT molecular complexity index is 390. The van der Waals surface area contributed by atoms with E-state index in [0.717, 1.165) is 23.5 Å². The van der Waals surface area contributed by atoms with Gasteiger partial charge in [0.1, 0.15) is 5.75 Å². The van der Waals surface area contributed by atoms with Crippen molar-refractivity contribution >= 4 is 0 Å². The minimum absolute atomic E-state index is 0.735. The fraction of sp³-hybridized carbons (Fsp3) is 0.600. The second-order valence-corrected chi connectivity index (χ2v) is 5.40. The van der Waals surface area contributed by atoms with Gasteiger partial charge in [-0.1, -0.05) is 18.6 Å². The van der Waals surface area contributed by atoms with Gasteiger partial charge in [-0.15, -0.1) is 0 Å². The molecule has 2 fully saturated rings. The molecular weight excluding hydrogens is 210 g/mol. The van der Waals surface area contributed by atoms with Gasteiger partial charge in [-0.05, 0) is 61.4 Å². The molecular formula is C15H21NO. The third-order valence-corrected chi connectivity index (χ3v) is 4.52. The molecule has 17 heavy (non-hydrogen) atoms. The predicted octanol–water partition coefficient (Wildman–Crippen LogP) is 2.80. The molecule has 3 rings (SSSR count). The Balaban J connectivity index is 1.86. The zero-order valence-corrected chi connectivity index (χ0v) is 10.5. The average molecular weight is 231 g/mol. The van der Waals surface area contributed by atoms with Gasteiger partial charge in [0.25, 0.3) is 0 Å². The molecule has 1 aliphatic heterocycles. The largest absolute Gasteiger partial charge is 0.497 e. The van der Waals surface area contributed by atoms with Gasteiger partial charge in [0.2, 0.25) is 0 Å². The van der Waals surface area contributed by atoms with E-state index in [9.17, 15) is 0 Å². The van der Waals surface area contributed by atoms with E-state index in [1.807, 2.05) is 6.07 Å². The van der Waals surface area contributed by atoms with Crippen molar-refractivity contribution in [2.24, 2.45) is 11.8 Å². The van der Waals surface area contributed by atoms with Crippen LogP contribution >= 0.6 is 0 Å². The van der Waals surface area contributed by atoms with Crippen molar-refractivity contribution in [3.05, 3.63) is 29.8 Å². The summed E-state index contributed by atoms with van der Waals surface area (Å²) in [6.07, 6.45) is 4.14. The maximum absolute atomic E-state index is 5.34. The Morgan fingerprint density at radius 1 is 1.24 bits per heavy atom. The highest BCUT2D eigenvalue weighted by Crippen LogP contribution is 2.43. The van der Waals surface area contributed by atoms with Crippen molar-refractivity contribution in [3.8, 4) is 5.75 Å². The number of hydrogen-bond acceptors (Lipinski definition) is 2. The first-order chi connectivity index (χ1) is 8.38. The van der Waals surface area contributed by atoms with Crippen molar-refractivity contribution in [2.45, 2.75) is 25.2 Å². The lowest BCUT2D eigenvalue weighted by molar-refractivity contribution is 0.258. The fourth-order valence-electron chi connectivity index (χ4n) is 3.64. The first-order valence-corrected chi connectivity index (χ1v) is 6.73. The van der Waals surface area contributed by atoms with E-state index in [4.69, 9.17) is 4.74 Å². The van der Waals surface area contributed by atoms with Gasteiger partial charge in [-0.25, -0.2) is 0 Å². The van der Waals surface area contributed by atoms with Gasteiger partial charge < -0.3 is 10.1 Å². The molecule has 2 nitrogen and oxygen atoms in total. The van der Waals surface area contributed by atoms with Crippen LogP contribution in [0.1, 0.15) is 30.7 Å². The number of benzene rings is 1. The van der Waals surface area contributed by atoms with Crippen LogP contribution in [0.4, 0.5) is 0 Å². The molecule has 1 heterocycles. The van der Waals surface area contributed by atoms with Crippen molar-refractivity contribution < 1.29 is 4.74 Å². The maximum atomic E-state index is 5.34. The highest BCUT2D eigenvalue weighted by Gasteiger charge is 2.37. The van der Waals surface area contributed by atoms with Gasteiger partial charge in [0, 0.05) is 0 Å². The monoisotopic (exact) mass is 231 g/mol. The Kier molecular flexibility index (Phi) is 3.06. The first-order valence-electron chi connectivity index (χ1n) is 6.73. The molecule has 1 saturated carbocycles. The zero-order chi connectivity index (χ0) is 11.7. The molecule has 1 aliphatic carbocycles. The van der Waals surface area contributed by atoms with Gasteiger partial charge in [-0.2, -0.15) is 0 Å². The SMILES string of the molecule is COc1cccc([C@H]2CCCC3CNCC32)c1. The average Bonchev–Trinajstić information content (AvgIpc) is 2.87. The zero-order valence-electron chi connectivity index (χ0n) is 10.5. The minimum atomic E-state index is 0.735. The van der Waals surface area contributed by atoms with E-state index < -0.39 is 0 Å². The summed E-state index contributed by atoms with van der Waals surface area (Å²) in [6, 6.07) is 8.66. The molecule has 2 unspecified atom stereocenters. The first kappa shape index (κ1) is 11.1. The third-order valence-electron chi connectivity index (χ3n) is 4.52. The van der Waals surface area contributed by atoms with E-state index in [0.29, 0.717) is 0 Å². The summed E-state index contributed by atoms with van der Waals surface area (Å²) in [7, 11) is 1.75. The normalized spacial score (nSPS) is 32.2. The molecule has 0 radical (unpaired) electrons. The molecule has 1 aromatic rings. The summed E-state index contributed by atoms with van der Waals surface area (Å²) in [5, 5.41) is 3.56. The van der Waals surface area contributed by atoms with Crippen LogP contribution in [0.5, 0.6) is 5.75 Å². The van der Waals surface area contributed by atoms with Crippen LogP contribution in [0.2, 0.25) is 0 Å². The fourth-order valence-corrected chi connectivity index (χ4v) is 3.64. The van der Waals surface area contributed by atoms with Crippen LogP contribution in [-0.2, 0) is 0 Å². The quantitative estimate of drug-likeness (QED) is 0.845. The molecule has 92 valence electrons. The van der Waals surface area contributed by atoms with E-state index in [1.54, 1.807) is 7.11 Å². The Morgan fingerprint density at radius 2 is 2.18 bits per heavy atom. The summed E-state index contributed by atoms with van der Waals surface area (Å²) in [4.78, 5) is 0. The smallest absolute Gasteiger partial charge is 0.119 e. The maximum Gasteiger partial charge on any atom is 0.119 e. The van der Waals surface area contributed by atoms with Crippen LogP contribution in [-0.4, -0.2) is 20.2 Å². The molecule has 0 spiro atoms. The summed E-state index contributed by atoms with van der Waals surface area (Å²) < 4.78 is 5.34. The Hall–Kier alpha value is -1.02. The lowest BCUT2D eigenvalue weighted by Gasteiger charge is -2.33. The summed E-state index contributed by atoms with van der Waals surface area (Å²) in [6.45, 7) is 2.43. The minimum Gasteiger partial charge on any atom is -0.497 e. The number of hydrogen-bond donors (Lipinski definition) is 1. The van der Waals surface area contributed by atoms with E-state index in [2.05, 4.69) is 23.5 Å². The number of methoxy groups -OCH3 is 1. The van der Waals surface area contributed by atoms with E-state index >= 15 is 0 Å². The number of ether oxygens (including phenoxy) is 1. The van der Waals surface area contributed by atoms with Crippen molar-refractivity contribution in [1.29, 1.82) is 0 Å². The molecule has 0 bridgehead atoms. The number of fused-ring (bicyclic) bond motifs is 1. The second-order valence-electron chi connectivity index (χ2n) is 5.40. The third kappa shape index (κ3) is 2.06. The molecule has 0 aromatic heterocycles. The topological polar surface area (TPSA) is 21.3 Å².